The van der Waals surface area contributed by atoms with E-state index < -0.39 is 0 Å². The van der Waals surface area contributed by atoms with Crippen molar-refractivity contribution in [1.29, 1.82) is 0 Å². The SMILES string of the molecule is Clc1ccc2[nH]c(-c3ccccc3)c[n+]2c1. The van der Waals surface area contributed by atoms with Crippen LogP contribution in [0, 0.1) is 0 Å². The Hall–Kier alpha value is -1.80. The molecule has 3 rings (SSSR count). The summed E-state index contributed by atoms with van der Waals surface area (Å²) in [5.74, 6) is 0. The maximum atomic E-state index is 5.94. The molecule has 3 aromatic rings. The van der Waals surface area contributed by atoms with Gasteiger partial charge in [-0.3, -0.25) is 0 Å². The average molecular weight is 230 g/mol. The zero-order chi connectivity index (χ0) is 11.0. The highest BCUT2D eigenvalue weighted by molar-refractivity contribution is 6.30. The van der Waals surface area contributed by atoms with Crippen LogP contribution in [0.25, 0.3) is 16.9 Å². The number of hydrogen-bond acceptors (Lipinski definition) is 0. The van der Waals surface area contributed by atoms with Gasteiger partial charge in [0.25, 0.3) is 5.65 Å². The largest absolute Gasteiger partial charge is 0.284 e. The smallest absolute Gasteiger partial charge is 0.237 e. The van der Waals surface area contributed by atoms with Gasteiger partial charge in [0, 0.05) is 11.6 Å². The van der Waals surface area contributed by atoms with E-state index in [4.69, 9.17) is 11.6 Å². The van der Waals surface area contributed by atoms with E-state index in [0.29, 0.717) is 0 Å². The van der Waals surface area contributed by atoms with Gasteiger partial charge in [0.05, 0.1) is 5.02 Å². The molecule has 16 heavy (non-hydrogen) atoms. The van der Waals surface area contributed by atoms with E-state index in [2.05, 4.69) is 17.1 Å². The van der Waals surface area contributed by atoms with E-state index in [9.17, 15) is 0 Å². The van der Waals surface area contributed by atoms with Gasteiger partial charge in [0.15, 0.2) is 5.69 Å². The molecule has 3 heteroatoms. The fourth-order valence-corrected chi connectivity index (χ4v) is 1.94. The summed E-state index contributed by atoms with van der Waals surface area (Å²) >= 11 is 5.94. The Bertz CT molecular complexity index is 629. The highest BCUT2D eigenvalue weighted by Crippen LogP contribution is 2.16. The van der Waals surface area contributed by atoms with Crippen LogP contribution in [0.1, 0.15) is 0 Å². The van der Waals surface area contributed by atoms with Crippen molar-refractivity contribution in [3.8, 4) is 11.3 Å². The minimum atomic E-state index is 0.733. The molecule has 0 atom stereocenters. The molecule has 78 valence electrons. The summed E-state index contributed by atoms with van der Waals surface area (Å²) < 4.78 is 1.99. The monoisotopic (exact) mass is 229 g/mol. The number of halogens is 1. The fourth-order valence-electron chi connectivity index (χ4n) is 1.78. The number of rotatable bonds is 1. The molecular weight excluding hydrogens is 220 g/mol. The van der Waals surface area contributed by atoms with Gasteiger partial charge >= 0.3 is 0 Å². The van der Waals surface area contributed by atoms with Crippen molar-refractivity contribution in [2.45, 2.75) is 0 Å². The Morgan fingerprint density at radius 3 is 2.56 bits per heavy atom. The van der Waals surface area contributed by atoms with Crippen LogP contribution < -0.4 is 4.40 Å². The molecule has 0 spiro atoms. The second-order valence-electron chi connectivity index (χ2n) is 3.67. The number of fused-ring (bicyclic) bond motifs is 1. The number of imidazole rings is 1. The Balaban J connectivity index is 2.19. The molecule has 0 unspecified atom stereocenters. The molecule has 0 aliphatic rings. The number of H-pyrrole nitrogens is 1. The second-order valence-corrected chi connectivity index (χ2v) is 4.11. The molecule has 0 saturated carbocycles. The van der Waals surface area contributed by atoms with Crippen molar-refractivity contribution < 1.29 is 4.40 Å². The standard InChI is InChI=1S/C13H9ClN2/c14-11-6-7-13-15-12(9-16(13)8-11)10-4-2-1-3-5-10/h1-9H/p+1. The summed E-state index contributed by atoms with van der Waals surface area (Å²) in [6, 6.07) is 14.1. The van der Waals surface area contributed by atoms with E-state index in [0.717, 1.165) is 16.4 Å². The number of aromatic amines is 1. The molecule has 2 aromatic heterocycles. The van der Waals surface area contributed by atoms with Gasteiger partial charge in [-0.25, -0.2) is 9.38 Å². The summed E-state index contributed by atoms with van der Waals surface area (Å²) in [5.41, 5.74) is 3.29. The van der Waals surface area contributed by atoms with Crippen molar-refractivity contribution in [3.05, 3.63) is 59.9 Å². The molecule has 0 aliphatic carbocycles. The van der Waals surface area contributed by atoms with E-state index >= 15 is 0 Å². The Kier molecular flexibility index (Phi) is 2.15. The van der Waals surface area contributed by atoms with Crippen LogP contribution in [-0.2, 0) is 0 Å². The van der Waals surface area contributed by atoms with Gasteiger partial charge in [0.2, 0.25) is 0 Å². The van der Waals surface area contributed by atoms with Crippen LogP contribution in [0.15, 0.2) is 54.9 Å². The lowest BCUT2D eigenvalue weighted by Crippen LogP contribution is -2.16. The zero-order valence-corrected chi connectivity index (χ0v) is 9.28. The third-order valence-electron chi connectivity index (χ3n) is 2.56. The number of nitrogens with zero attached hydrogens (tertiary/aromatic N) is 1. The van der Waals surface area contributed by atoms with Gasteiger partial charge in [-0.05, 0) is 6.07 Å². The number of pyridine rings is 1. The topological polar surface area (TPSA) is 19.9 Å². The molecule has 1 N–H and O–H groups in total. The molecular formula is C13H10ClN2+. The molecule has 0 bridgehead atoms. The maximum absolute atomic E-state index is 5.94. The van der Waals surface area contributed by atoms with Crippen LogP contribution in [0.4, 0.5) is 0 Å². The molecule has 0 radical (unpaired) electrons. The Morgan fingerprint density at radius 1 is 0.938 bits per heavy atom. The normalized spacial score (nSPS) is 10.8. The average Bonchev–Trinajstić information content (AvgIpc) is 2.73. The molecule has 1 aromatic carbocycles. The van der Waals surface area contributed by atoms with Gasteiger partial charge in [0.1, 0.15) is 12.4 Å². The lowest BCUT2D eigenvalue weighted by molar-refractivity contribution is -0.509. The predicted molar refractivity (Wildman–Crippen MR) is 64.4 cm³/mol. The minimum absolute atomic E-state index is 0.733. The second kappa shape index (κ2) is 3.65. The van der Waals surface area contributed by atoms with E-state index in [1.165, 1.54) is 5.56 Å². The molecule has 2 heterocycles. The third-order valence-corrected chi connectivity index (χ3v) is 2.78. The Morgan fingerprint density at radius 2 is 1.75 bits per heavy atom. The summed E-state index contributed by atoms with van der Waals surface area (Å²) in [6.45, 7) is 0. The predicted octanol–water partition coefficient (Wildman–Crippen LogP) is 3.07. The molecule has 0 fully saturated rings. The van der Waals surface area contributed by atoms with Crippen LogP contribution in [0.3, 0.4) is 0 Å². The van der Waals surface area contributed by atoms with E-state index in [1.807, 2.05) is 47.1 Å². The molecule has 0 saturated heterocycles. The minimum Gasteiger partial charge on any atom is -0.237 e. The third kappa shape index (κ3) is 1.57. The zero-order valence-electron chi connectivity index (χ0n) is 8.52. The van der Waals surface area contributed by atoms with Crippen molar-refractivity contribution in [2.75, 3.05) is 0 Å². The van der Waals surface area contributed by atoms with Crippen LogP contribution in [0.2, 0.25) is 5.02 Å². The summed E-state index contributed by atoms with van der Waals surface area (Å²) in [7, 11) is 0. The van der Waals surface area contributed by atoms with Gasteiger partial charge < -0.3 is 0 Å². The first-order valence-corrected chi connectivity index (χ1v) is 5.46. The highest BCUT2D eigenvalue weighted by atomic mass is 35.5. The molecule has 0 aliphatic heterocycles. The van der Waals surface area contributed by atoms with Crippen LogP contribution >= 0.6 is 11.6 Å². The Labute approximate surface area is 98.1 Å². The first-order valence-electron chi connectivity index (χ1n) is 5.08. The summed E-state index contributed by atoms with van der Waals surface area (Å²) in [4.78, 5) is 3.34. The van der Waals surface area contributed by atoms with E-state index in [-0.39, 0.29) is 0 Å². The molecule has 0 amide bonds. The van der Waals surface area contributed by atoms with Crippen LogP contribution in [-0.4, -0.2) is 4.98 Å². The van der Waals surface area contributed by atoms with Crippen LogP contribution in [0.5, 0.6) is 0 Å². The first kappa shape index (κ1) is 9.43. The highest BCUT2D eigenvalue weighted by Gasteiger charge is 2.09. The lowest BCUT2D eigenvalue weighted by Gasteiger charge is -1.89. The first-order chi connectivity index (χ1) is 7.83. The summed E-state index contributed by atoms with van der Waals surface area (Å²) in [6.07, 6.45) is 3.93. The van der Waals surface area contributed by atoms with E-state index in [1.54, 1.807) is 0 Å². The lowest BCUT2D eigenvalue weighted by atomic mass is 10.2. The quantitative estimate of drug-likeness (QED) is 0.619. The van der Waals surface area contributed by atoms with Crippen molar-refractivity contribution in [3.63, 3.8) is 0 Å². The number of nitrogens with one attached hydrogen (secondary N) is 1. The fraction of sp³-hybridized carbons (Fsp3) is 0. The number of benzene rings is 1. The van der Waals surface area contributed by atoms with Gasteiger partial charge in [-0.1, -0.05) is 41.9 Å². The summed E-state index contributed by atoms with van der Waals surface area (Å²) in [5, 5.41) is 0.733. The maximum Gasteiger partial charge on any atom is 0.284 e. The van der Waals surface area contributed by atoms with Gasteiger partial charge in [-0.2, -0.15) is 0 Å². The van der Waals surface area contributed by atoms with Crippen molar-refractivity contribution in [2.24, 2.45) is 0 Å². The number of aromatic nitrogens is 2. The molecule has 2 nitrogen and oxygen atoms in total. The van der Waals surface area contributed by atoms with Crippen molar-refractivity contribution >= 4 is 17.2 Å². The van der Waals surface area contributed by atoms with Gasteiger partial charge in [-0.15, -0.1) is 0 Å². The van der Waals surface area contributed by atoms with Crippen molar-refractivity contribution in [1.82, 2.24) is 4.98 Å². The number of hydrogen-bond donors (Lipinski definition) is 1.